The van der Waals surface area contributed by atoms with Crippen molar-refractivity contribution >= 4 is 24.4 Å². The fraction of sp³-hybridized carbons (Fsp3) is 0.462. The third-order valence-corrected chi connectivity index (χ3v) is 6.90. The van der Waals surface area contributed by atoms with Crippen LogP contribution < -0.4 is 10.6 Å². The normalized spacial score (nSPS) is 21.5. The molecule has 3 rings (SSSR count). The Balaban J connectivity index is 1.69. The largest absolute Gasteiger partial charge is 0.379 e. The van der Waals surface area contributed by atoms with Gasteiger partial charge in [0, 0.05) is 25.3 Å². The van der Waals surface area contributed by atoms with Gasteiger partial charge in [-0.3, -0.25) is 9.59 Å². The lowest BCUT2D eigenvalue weighted by Crippen LogP contribution is -2.54. The number of nitrogens with one attached hydrogen (secondary N) is 2. The number of carbonyl (C=O) groups is 2. The standard InChI is InChI=1S/C26H34N2O3S/c1-2-31-22-13-15-26(19-32,16-14-22)25(30)28-23(17-20-9-5-3-6-10-20)24(29)27-18-21-11-7-4-8-12-21/h3-12,22-23,32H,2,13-19H2,1H3,(H,27,29)(H,28,30)/t22?,23-,26?/m0/s1. The summed E-state index contributed by atoms with van der Waals surface area (Å²) in [5.41, 5.74) is 1.46. The Hall–Kier alpha value is -2.31. The molecule has 1 aliphatic rings. The molecule has 2 aromatic carbocycles. The molecule has 0 radical (unpaired) electrons. The lowest BCUT2D eigenvalue weighted by Gasteiger charge is -2.38. The van der Waals surface area contributed by atoms with Gasteiger partial charge in [0.1, 0.15) is 6.04 Å². The summed E-state index contributed by atoms with van der Waals surface area (Å²) in [4.78, 5) is 26.5. The van der Waals surface area contributed by atoms with Gasteiger partial charge in [0.05, 0.1) is 11.5 Å². The number of ether oxygens (including phenoxy) is 1. The zero-order chi connectivity index (χ0) is 22.8. The van der Waals surface area contributed by atoms with Crippen LogP contribution >= 0.6 is 12.6 Å². The summed E-state index contributed by atoms with van der Waals surface area (Å²) in [7, 11) is 0. The van der Waals surface area contributed by atoms with E-state index in [0.717, 1.165) is 36.8 Å². The molecule has 5 nitrogen and oxygen atoms in total. The summed E-state index contributed by atoms with van der Waals surface area (Å²) < 4.78 is 5.75. The molecule has 0 aromatic heterocycles. The lowest BCUT2D eigenvalue weighted by atomic mass is 9.73. The molecular weight excluding hydrogens is 420 g/mol. The Morgan fingerprint density at radius 2 is 1.62 bits per heavy atom. The molecule has 2 amide bonds. The summed E-state index contributed by atoms with van der Waals surface area (Å²) in [6.45, 7) is 3.11. The predicted octanol–water partition coefficient (Wildman–Crippen LogP) is 3.93. The van der Waals surface area contributed by atoms with E-state index in [1.807, 2.05) is 67.6 Å². The number of hydrogen-bond acceptors (Lipinski definition) is 4. The molecular formula is C26H34N2O3S. The molecule has 0 bridgehead atoms. The Morgan fingerprint density at radius 3 is 2.19 bits per heavy atom. The van der Waals surface area contributed by atoms with Crippen LogP contribution in [0.5, 0.6) is 0 Å². The van der Waals surface area contributed by atoms with Gasteiger partial charge < -0.3 is 15.4 Å². The van der Waals surface area contributed by atoms with Crippen LogP contribution in [0.15, 0.2) is 60.7 Å². The first kappa shape index (κ1) is 24.3. The van der Waals surface area contributed by atoms with Crippen LogP contribution in [-0.2, 0) is 27.3 Å². The van der Waals surface area contributed by atoms with Gasteiger partial charge in [0.2, 0.25) is 11.8 Å². The van der Waals surface area contributed by atoms with E-state index in [1.165, 1.54) is 0 Å². The smallest absolute Gasteiger partial charge is 0.243 e. The molecule has 172 valence electrons. The zero-order valence-electron chi connectivity index (χ0n) is 18.8. The van der Waals surface area contributed by atoms with Crippen LogP contribution in [0.3, 0.4) is 0 Å². The summed E-state index contributed by atoms with van der Waals surface area (Å²) in [6, 6.07) is 18.9. The SMILES string of the molecule is CCOC1CCC(CS)(C(=O)N[C@@H](Cc2ccccc2)C(=O)NCc2ccccc2)CC1. The van der Waals surface area contributed by atoms with E-state index in [1.54, 1.807) is 0 Å². The summed E-state index contributed by atoms with van der Waals surface area (Å²) >= 11 is 4.53. The van der Waals surface area contributed by atoms with Gasteiger partial charge in [-0.25, -0.2) is 0 Å². The zero-order valence-corrected chi connectivity index (χ0v) is 19.7. The highest BCUT2D eigenvalue weighted by molar-refractivity contribution is 7.80. The molecule has 0 aliphatic heterocycles. The first-order valence-corrected chi connectivity index (χ1v) is 12.1. The Morgan fingerprint density at radius 1 is 1.03 bits per heavy atom. The maximum Gasteiger partial charge on any atom is 0.243 e. The van der Waals surface area contributed by atoms with Crippen molar-refractivity contribution in [3.8, 4) is 0 Å². The van der Waals surface area contributed by atoms with E-state index in [-0.39, 0.29) is 17.9 Å². The van der Waals surface area contributed by atoms with Crippen molar-refractivity contribution in [3.05, 3.63) is 71.8 Å². The van der Waals surface area contributed by atoms with E-state index in [4.69, 9.17) is 4.74 Å². The summed E-state index contributed by atoms with van der Waals surface area (Å²) in [6.07, 6.45) is 3.76. The third kappa shape index (κ3) is 6.59. The van der Waals surface area contributed by atoms with Crippen molar-refractivity contribution in [2.45, 2.75) is 57.7 Å². The quantitative estimate of drug-likeness (QED) is 0.477. The number of thiol groups is 1. The van der Waals surface area contributed by atoms with Crippen LogP contribution in [0.4, 0.5) is 0 Å². The molecule has 2 aromatic rings. The monoisotopic (exact) mass is 454 g/mol. The molecule has 0 heterocycles. The van der Waals surface area contributed by atoms with Gasteiger partial charge in [-0.1, -0.05) is 60.7 Å². The number of hydrogen-bond donors (Lipinski definition) is 3. The van der Waals surface area contributed by atoms with Gasteiger partial charge in [-0.05, 0) is 43.7 Å². The van der Waals surface area contributed by atoms with Crippen molar-refractivity contribution in [3.63, 3.8) is 0 Å². The Kier molecular flexibility index (Phi) is 9.18. The summed E-state index contributed by atoms with van der Waals surface area (Å²) in [5, 5.41) is 6.06. The number of amides is 2. The van der Waals surface area contributed by atoms with Crippen molar-refractivity contribution in [2.75, 3.05) is 12.4 Å². The fourth-order valence-corrected chi connectivity index (χ4v) is 4.74. The number of benzene rings is 2. The Bertz CT molecular complexity index is 852. The fourth-order valence-electron chi connectivity index (χ4n) is 4.28. The van der Waals surface area contributed by atoms with Crippen molar-refractivity contribution in [1.82, 2.24) is 10.6 Å². The second-order valence-corrected chi connectivity index (χ2v) is 8.83. The average molecular weight is 455 g/mol. The topological polar surface area (TPSA) is 67.4 Å². The van der Waals surface area contributed by atoms with Gasteiger partial charge in [-0.2, -0.15) is 12.6 Å². The second-order valence-electron chi connectivity index (χ2n) is 8.51. The molecule has 1 fully saturated rings. The van der Waals surface area contributed by atoms with E-state index in [0.29, 0.717) is 25.3 Å². The molecule has 0 saturated heterocycles. The predicted molar refractivity (Wildman–Crippen MR) is 131 cm³/mol. The van der Waals surface area contributed by atoms with Crippen molar-refractivity contribution in [2.24, 2.45) is 5.41 Å². The summed E-state index contributed by atoms with van der Waals surface area (Å²) in [5.74, 6) is 0.197. The molecule has 0 spiro atoms. The van der Waals surface area contributed by atoms with Crippen LogP contribution in [0.2, 0.25) is 0 Å². The first-order valence-electron chi connectivity index (χ1n) is 11.5. The van der Waals surface area contributed by atoms with Crippen LogP contribution in [0, 0.1) is 5.41 Å². The van der Waals surface area contributed by atoms with E-state index >= 15 is 0 Å². The lowest BCUT2D eigenvalue weighted by molar-refractivity contribution is -0.137. The van der Waals surface area contributed by atoms with Gasteiger partial charge in [0.25, 0.3) is 0 Å². The third-order valence-electron chi connectivity index (χ3n) is 6.29. The highest BCUT2D eigenvalue weighted by Gasteiger charge is 2.42. The maximum atomic E-state index is 13.4. The highest BCUT2D eigenvalue weighted by Crippen LogP contribution is 2.38. The molecule has 0 unspecified atom stereocenters. The van der Waals surface area contributed by atoms with Gasteiger partial charge in [0.15, 0.2) is 0 Å². The minimum atomic E-state index is -0.644. The van der Waals surface area contributed by atoms with Crippen molar-refractivity contribution < 1.29 is 14.3 Å². The minimum Gasteiger partial charge on any atom is -0.379 e. The van der Waals surface area contributed by atoms with E-state index < -0.39 is 11.5 Å². The van der Waals surface area contributed by atoms with Gasteiger partial charge in [-0.15, -0.1) is 0 Å². The second kappa shape index (κ2) is 12.1. The maximum absolute atomic E-state index is 13.4. The van der Waals surface area contributed by atoms with E-state index in [2.05, 4.69) is 23.3 Å². The highest BCUT2D eigenvalue weighted by atomic mass is 32.1. The molecule has 1 aliphatic carbocycles. The van der Waals surface area contributed by atoms with Crippen LogP contribution in [0.25, 0.3) is 0 Å². The molecule has 1 atom stereocenters. The van der Waals surface area contributed by atoms with Crippen LogP contribution in [0.1, 0.15) is 43.7 Å². The molecule has 2 N–H and O–H groups in total. The average Bonchev–Trinajstić information content (AvgIpc) is 2.84. The Labute approximate surface area is 196 Å². The first-order chi connectivity index (χ1) is 15.6. The molecule has 32 heavy (non-hydrogen) atoms. The number of carbonyl (C=O) groups excluding carboxylic acids is 2. The van der Waals surface area contributed by atoms with Crippen LogP contribution in [-0.4, -0.2) is 36.3 Å². The minimum absolute atomic E-state index is 0.0850. The number of rotatable bonds is 10. The van der Waals surface area contributed by atoms with E-state index in [9.17, 15) is 9.59 Å². The molecule has 1 saturated carbocycles. The molecule has 6 heteroatoms. The van der Waals surface area contributed by atoms with Gasteiger partial charge >= 0.3 is 0 Å². The van der Waals surface area contributed by atoms with Crippen molar-refractivity contribution in [1.29, 1.82) is 0 Å².